The molecule has 0 aliphatic carbocycles. The molecule has 114 valence electrons. The van der Waals surface area contributed by atoms with Gasteiger partial charge in [-0.3, -0.25) is 5.10 Å². The molecule has 1 aliphatic heterocycles. The minimum atomic E-state index is 0.541. The lowest BCUT2D eigenvalue weighted by molar-refractivity contribution is 0.313. The summed E-state index contributed by atoms with van der Waals surface area (Å²) >= 11 is 0. The molecular formula is C16H20N6. The maximum Gasteiger partial charge on any atom is 0.0744 e. The van der Waals surface area contributed by atoms with Gasteiger partial charge in [0.25, 0.3) is 0 Å². The van der Waals surface area contributed by atoms with Gasteiger partial charge in [-0.25, -0.2) is 0 Å². The fourth-order valence-corrected chi connectivity index (χ4v) is 3.35. The van der Waals surface area contributed by atoms with Crippen molar-refractivity contribution in [3.8, 4) is 0 Å². The van der Waals surface area contributed by atoms with Gasteiger partial charge in [0.15, 0.2) is 0 Å². The van der Waals surface area contributed by atoms with Gasteiger partial charge < -0.3 is 4.90 Å². The molecule has 0 saturated carbocycles. The number of rotatable bonds is 5. The molecule has 1 saturated heterocycles. The number of likely N-dealkylation sites (tertiary alicyclic amines) is 1. The smallest absolute Gasteiger partial charge is 0.0744 e. The van der Waals surface area contributed by atoms with E-state index in [1.807, 2.05) is 0 Å². The number of fused-ring (bicyclic) bond motifs is 1. The van der Waals surface area contributed by atoms with Gasteiger partial charge in [0.1, 0.15) is 0 Å². The molecule has 0 radical (unpaired) electrons. The Morgan fingerprint density at radius 3 is 2.91 bits per heavy atom. The molecule has 4 rings (SSSR count). The van der Waals surface area contributed by atoms with Crippen LogP contribution >= 0.6 is 0 Å². The number of aromatic amines is 1. The van der Waals surface area contributed by atoms with Gasteiger partial charge in [-0.1, -0.05) is 18.2 Å². The van der Waals surface area contributed by atoms with Gasteiger partial charge in [-0.15, -0.1) is 0 Å². The van der Waals surface area contributed by atoms with Crippen molar-refractivity contribution >= 4 is 10.9 Å². The highest BCUT2D eigenvalue weighted by Crippen LogP contribution is 2.30. The molecule has 1 N–H and O–H groups in total. The summed E-state index contributed by atoms with van der Waals surface area (Å²) in [5.74, 6) is 0.541. The van der Waals surface area contributed by atoms with Crippen LogP contribution in [0.3, 0.4) is 0 Å². The molecule has 1 fully saturated rings. The Balaban J connectivity index is 1.36. The summed E-state index contributed by atoms with van der Waals surface area (Å²) in [6.07, 6.45) is 5.74. The summed E-state index contributed by atoms with van der Waals surface area (Å²) < 4.78 is 0. The van der Waals surface area contributed by atoms with Gasteiger partial charge in [0.05, 0.1) is 30.1 Å². The number of benzene rings is 1. The maximum absolute atomic E-state index is 4.56. The number of hydrogen-bond acceptors (Lipinski definition) is 4. The molecule has 3 heterocycles. The number of aromatic nitrogens is 5. The number of para-hydroxylation sites is 1. The number of nitrogens with zero attached hydrogens (tertiary/aromatic N) is 5. The van der Waals surface area contributed by atoms with Crippen LogP contribution in [0.4, 0.5) is 0 Å². The number of aryl methyl sites for hydroxylation is 1. The van der Waals surface area contributed by atoms with Gasteiger partial charge in [-0.2, -0.15) is 20.1 Å². The molecule has 2 aromatic heterocycles. The van der Waals surface area contributed by atoms with Crippen molar-refractivity contribution in [1.82, 2.24) is 30.1 Å². The van der Waals surface area contributed by atoms with Crippen molar-refractivity contribution in [2.24, 2.45) is 0 Å². The molecule has 0 bridgehead atoms. The molecule has 1 aliphatic rings. The Hall–Kier alpha value is -2.21. The molecule has 0 spiro atoms. The lowest BCUT2D eigenvalue weighted by atomic mass is 10.0. The molecule has 1 atom stereocenters. The van der Waals surface area contributed by atoms with E-state index >= 15 is 0 Å². The summed E-state index contributed by atoms with van der Waals surface area (Å²) in [4.78, 5) is 4.28. The second kappa shape index (κ2) is 5.88. The van der Waals surface area contributed by atoms with Crippen LogP contribution in [0.1, 0.15) is 24.5 Å². The molecular weight excluding hydrogens is 276 g/mol. The van der Waals surface area contributed by atoms with Crippen molar-refractivity contribution in [1.29, 1.82) is 0 Å². The van der Waals surface area contributed by atoms with Crippen molar-refractivity contribution < 1.29 is 0 Å². The minimum absolute atomic E-state index is 0.541. The molecule has 6 heteroatoms. The van der Waals surface area contributed by atoms with Gasteiger partial charge in [0, 0.05) is 17.8 Å². The maximum atomic E-state index is 4.56. The zero-order chi connectivity index (χ0) is 14.8. The third kappa shape index (κ3) is 2.62. The van der Waals surface area contributed by atoms with Crippen molar-refractivity contribution in [3.05, 3.63) is 42.4 Å². The quantitative estimate of drug-likeness (QED) is 0.782. The van der Waals surface area contributed by atoms with Crippen LogP contribution < -0.4 is 0 Å². The Morgan fingerprint density at radius 1 is 1.14 bits per heavy atom. The first-order valence-corrected chi connectivity index (χ1v) is 7.89. The number of nitrogens with one attached hydrogen (secondary N) is 1. The fourth-order valence-electron chi connectivity index (χ4n) is 3.35. The minimum Gasteiger partial charge on any atom is -0.303 e. The van der Waals surface area contributed by atoms with Gasteiger partial charge >= 0.3 is 0 Å². The highest BCUT2D eigenvalue weighted by atomic mass is 15.5. The van der Waals surface area contributed by atoms with Gasteiger partial charge in [0.2, 0.25) is 0 Å². The van der Waals surface area contributed by atoms with Crippen LogP contribution in [-0.4, -0.2) is 49.7 Å². The first kappa shape index (κ1) is 13.5. The molecule has 6 nitrogen and oxygen atoms in total. The fraction of sp³-hybridized carbons (Fsp3) is 0.438. The summed E-state index contributed by atoms with van der Waals surface area (Å²) in [5, 5.41) is 17.3. The van der Waals surface area contributed by atoms with E-state index in [0.29, 0.717) is 5.92 Å². The Bertz CT molecular complexity index is 732. The van der Waals surface area contributed by atoms with E-state index in [-0.39, 0.29) is 0 Å². The summed E-state index contributed by atoms with van der Waals surface area (Å²) in [7, 11) is 0. The zero-order valence-electron chi connectivity index (χ0n) is 12.5. The SMILES string of the molecule is c1ccc2c(C3CCN(CCCn4nccn4)C3)n[nH]c2c1. The average Bonchev–Trinajstić information content (AvgIpc) is 3.27. The topological polar surface area (TPSA) is 62.6 Å². The summed E-state index contributed by atoms with van der Waals surface area (Å²) in [6, 6.07) is 8.40. The molecule has 1 aromatic carbocycles. The first-order valence-electron chi connectivity index (χ1n) is 7.89. The van der Waals surface area contributed by atoms with Crippen LogP contribution in [0.25, 0.3) is 10.9 Å². The summed E-state index contributed by atoms with van der Waals surface area (Å²) in [6.45, 7) is 4.24. The van der Waals surface area contributed by atoms with Gasteiger partial charge in [-0.05, 0) is 32.0 Å². The van der Waals surface area contributed by atoms with Crippen LogP contribution in [0.2, 0.25) is 0 Å². The lowest BCUT2D eigenvalue weighted by Gasteiger charge is -2.15. The van der Waals surface area contributed by atoms with E-state index in [1.54, 1.807) is 17.2 Å². The van der Waals surface area contributed by atoms with E-state index < -0.39 is 0 Å². The monoisotopic (exact) mass is 296 g/mol. The Kier molecular flexibility index (Phi) is 3.60. The third-order valence-electron chi connectivity index (χ3n) is 4.46. The number of hydrogen-bond donors (Lipinski definition) is 1. The highest BCUT2D eigenvalue weighted by Gasteiger charge is 2.26. The highest BCUT2D eigenvalue weighted by molar-refractivity contribution is 5.81. The standard InChI is InChI=1S/C16H20N6/c1-2-5-15-14(4-1)16(20-19-15)13-6-11-21(12-13)9-3-10-22-17-7-8-18-22/h1-2,4-5,7-8,13H,3,6,9-12H2,(H,19,20). The van der Waals surface area contributed by atoms with Crippen molar-refractivity contribution in [3.63, 3.8) is 0 Å². The molecule has 22 heavy (non-hydrogen) atoms. The molecule has 3 aromatic rings. The van der Waals surface area contributed by atoms with E-state index in [2.05, 4.69) is 49.6 Å². The van der Waals surface area contributed by atoms with E-state index in [9.17, 15) is 0 Å². The van der Waals surface area contributed by atoms with Crippen molar-refractivity contribution in [2.75, 3.05) is 19.6 Å². The van der Waals surface area contributed by atoms with E-state index in [4.69, 9.17) is 0 Å². The first-order chi connectivity index (χ1) is 10.9. The lowest BCUT2D eigenvalue weighted by Crippen LogP contribution is -2.23. The van der Waals surface area contributed by atoms with Crippen LogP contribution in [-0.2, 0) is 6.54 Å². The van der Waals surface area contributed by atoms with Crippen LogP contribution in [0, 0.1) is 0 Å². The third-order valence-corrected chi connectivity index (χ3v) is 4.46. The second-order valence-electron chi connectivity index (χ2n) is 5.92. The Morgan fingerprint density at radius 2 is 2.00 bits per heavy atom. The molecule has 0 amide bonds. The van der Waals surface area contributed by atoms with Crippen LogP contribution in [0.5, 0.6) is 0 Å². The number of H-pyrrole nitrogens is 1. The normalized spacial score (nSPS) is 19.2. The largest absolute Gasteiger partial charge is 0.303 e. The predicted molar refractivity (Wildman–Crippen MR) is 84.5 cm³/mol. The average molecular weight is 296 g/mol. The Labute approximate surface area is 129 Å². The van der Waals surface area contributed by atoms with E-state index in [0.717, 1.165) is 38.1 Å². The summed E-state index contributed by atoms with van der Waals surface area (Å²) in [5.41, 5.74) is 2.37. The zero-order valence-corrected chi connectivity index (χ0v) is 12.5. The van der Waals surface area contributed by atoms with Crippen molar-refractivity contribution in [2.45, 2.75) is 25.3 Å². The predicted octanol–water partition coefficient (Wildman–Crippen LogP) is 2.03. The van der Waals surface area contributed by atoms with E-state index in [1.165, 1.54) is 17.5 Å². The van der Waals surface area contributed by atoms with Crippen LogP contribution in [0.15, 0.2) is 36.7 Å². The second-order valence-corrected chi connectivity index (χ2v) is 5.92. The molecule has 1 unspecified atom stereocenters.